The maximum Gasteiger partial charge on any atom is 0.270 e. The zero-order valence-electron chi connectivity index (χ0n) is 21.2. The highest BCUT2D eigenvalue weighted by molar-refractivity contribution is 6.01. The molecule has 0 unspecified atom stereocenters. The summed E-state index contributed by atoms with van der Waals surface area (Å²) in [7, 11) is 1.58. The van der Waals surface area contributed by atoms with Crippen LogP contribution in [0.15, 0.2) is 24.5 Å². The summed E-state index contributed by atoms with van der Waals surface area (Å²) in [5.74, 6) is 1.07. The van der Waals surface area contributed by atoms with Crippen molar-refractivity contribution in [2.75, 3.05) is 12.4 Å². The molecule has 2 aliphatic carbocycles. The van der Waals surface area contributed by atoms with Crippen LogP contribution < -0.4 is 15.4 Å². The number of methoxy groups -OCH3 is 1. The first-order valence-corrected chi connectivity index (χ1v) is 12.6. The quantitative estimate of drug-likeness (QED) is 0.398. The van der Waals surface area contributed by atoms with Gasteiger partial charge in [-0.1, -0.05) is 0 Å². The van der Waals surface area contributed by atoms with Crippen LogP contribution in [0, 0.1) is 31.6 Å². The van der Waals surface area contributed by atoms with Gasteiger partial charge in [0.05, 0.1) is 24.7 Å². The number of carbonyl (C=O) groups excluding carboxylic acids is 2. The molecule has 0 bridgehead atoms. The number of anilines is 1. The average Bonchev–Trinajstić information content (AvgIpc) is 3.81. The molecule has 0 aromatic carbocycles. The van der Waals surface area contributed by atoms with Crippen molar-refractivity contribution in [3.8, 4) is 17.0 Å². The van der Waals surface area contributed by atoms with Crippen molar-refractivity contribution in [3.63, 3.8) is 0 Å². The van der Waals surface area contributed by atoms with Crippen LogP contribution in [0.3, 0.4) is 0 Å². The molecule has 5 rings (SSSR count). The molecule has 3 heterocycles. The van der Waals surface area contributed by atoms with Crippen LogP contribution in [0.5, 0.6) is 5.75 Å². The third-order valence-corrected chi connectivity index (χ3v) is 7.24. The SMILES string of the molecule is CCn1nccc1C(=O)N[C@H](C(=O)Nc1cnc(-c2c(C)n[nH]c2C)c(OC)c1)C(C1CC1)C1CC1. The molecule has 10 nitrogen and oxygen atoms in total. The van der Waals surface area contributed by atoms with Gasteiger partial charge in [0.1, 0.15) is 23.2 Å². The topological polar surface area (TPSA) is 127 Å². The number of hydrogen-bond donors (Lipinski definition) is 3. The highest BCUT2D eigenvalue weighted by Crippen LogP contribution is 2.51. The highest BCUT2D eigenvalue weighted by Gasteiger charge is 2.48. The lowest BCUT2D eigenvalue weighted by molar-refractivity contribution is -0.119. The van der Waals surface area contributed by atoms with Gasteiger partial charge in [-0.15, -0.1) is 0 Å². The lowest BCUT2D eigenvalue weighted by Gasteiger charge is -2.27. The molecule has 2 aliphatic rings. The van der Waals surface area contributed by atoms with E-state index in [2.05, 4.69) is 30.9 Å². The third-order valence-electron chi connectivity index (χ3n) is 7.24. The lowest BCUT2D eigenvalue weighted by atomic mass is 9.88. The molecule has 0 radical (unpaired) electrons. The first-order valence-electron chi connectivity index (χ1n) is 12.6. The number of rotatable bonds is 10. The van der Waals surface area contributed by atoms with E-state index in [9.17, 15) is 9.59 Å². The number of pyridine rings is 1. The summed E-state index contributed by atoms with van der Waals surface area (Å²) in [5.41, 5.74) is 4.22. The van der Waals surface area contributed by atoms with Crippen LogP contribution in [0.2, 0.25) is 0 Å². The second-order valence-electron chi connectivity index (χ2n) is 9.81. The Bertz CT molecular complexity index is 1240. The van der Waals surface area contributed by atoms with Crippen molar-refractivity contribution in [2.24, 2.45) is 17.8 Å². The molecule has 3 N–H and O–H groups in total. The minimum atomic E-state index is -0.637. The van der Waals surface area contributed by atoms with Gasteiger partial charge in [0.25, 0.3) is 5.91 Å². The number of nitrogens with zero attached hydrogens (tertiary/aromatic N) is 4. The third kappa shape index (κ3) is 4.72. The second-order valence-corrected chi connectivity index (χ2v) is 9.81. The monoisotopic (exact) mass is 491 g/mol. The molecule has 2 fully saturated rings. The molecule has 190 valence electrons. The van der Waals surface area contributed by atoms with Crippen LogP contribution in [0.1, 0.15) is 54.5 Å². The fourth-order valence-electron chi connectivity index (χ4n) is 5.20. The van der Waals surface area contributed by atoms with E-state index < -0.39 is 6.04 Å². The van der Waals surface area contributed by atoms with Gasteiger partial charge in [-0.2, -0.15) is 10.2 Å². The van der Waals surface area contributed by atoms with E-state index in [-0.39, 0.29) is 17.7 Å². The van der Waals surface area contributed by atoms with Gasteiger partial charge in [-0.05, 0) is 70.3 Å². The van der Waals surface area contributed by atoms with Gasteiger partial charge in [0.2, 0.25) is 5.91 Å². The van der Waals surface area contributed by atoms with Crippen LogP contribution in [0.4, 0.5) is 5.69 Å². The Morgan fingerprint density at radius 2 is 1.94 bits per heavy atom. The fourth-order valence-corrected chi connectivity index (χ4v) is 5.20. The van der Waals surface area contributed by atoms with E-state index in [4.69, 9.17) is 4.74 Å². The fraction of sp³-hybridized carbons (Fsp3) is 0.500. The molecule has 10 heteroatoms. The summed E-state index contributed by atoms with van der Waals surface area (Å²) in [4.78, 5) is 31.4. The molecule has 36 heavy (non-hydrogen) atoms. The number of carbonyl (C=O) groups is 2. The molecule has 2 amide bonds. The van der Waals surface area contributed by atoms with E-state index in [0.29, 0.717) is 41.2 Å². The molecule has 3 aromatic heterocycles. The zero-order chi connectivity index (χ0) is 25.4. The molecular weight excluding hydrogens is 458 g/mol. The molecule has 1 atom stereocenters. The minimum absolute atomic E-state index is 0.123. The molecule has 2 saturated carbocycles. The minimum Gasteiger partial charge on any atom is -0.494 e. The van der Waals surface area contributed by atoms with Gasteiger partial charge in [0, 0.05) is 30.1 Å². The Balaban J connectivity index is 1.40. The Kier molecular flexibility index (Phi) is 6.51. The van der Waals surface area contributed by atoms with Crippen molar-refractivity contribution >= 4 is 17.5 Å². The second kappa shape index (κ2) is 9.75. The average molecular weight is 492 g/mol. The summed E-state index contributed by atoms with van der Waals surface area (Å²) >= 11 is 0. The number of nitrogens with one attached hydrogen (secondary N) is 3. The predicted molar refractivity (Wildman–Crippen MR) is 135 cm³/mol. The van der Waals surface area contributed by atoms with Crippen LogP contribution in [-0.4, -0.2) is 49.9 Å². The van der Waals surface area contributed by atoms with Gasteiger partial charge in [-0.3, -0.25) is 24.4 Å². The van der Waals surface area contributed by atoms with E-state index >= 15 is 0 Å². The summed E-state index contributed by atoms with van der Waals surface area (Å²) in [5, 5.41) is 17.5. The normalized spacial score (nSPS) is 16.1. The van der Waals surface area contributed by atoms with Crippen molar-refractivity contribution < 1.29 is 14.3 Å². The van der Waals surface area contributed by atoms with Crippen LogP contribution in [0.25, 0.3) is 11.3 Å². The number of H-pyrrole nitrogens is 1. The maximum atomic E-state index is 13.7. The van der Waals surface area contributed by atoms with Crippen molar-refractivity contribution in [2.45, 2.75) is 59.0 Å². The first-order chi connectivity index (χ1) is 17.4. The van der Waals surface area contributed by atoms with Crippen molar-refractivity contribution in [3.05, 3.63) is 41.6 Å². The molecule has 3 aromatic rings. The summed E-state index contributed by atoms with van der Waals surface area (Å²) in [6.45, 7) is 6.35. The van der Waals surface area contributed by atoms with E-state index in [1.165, 1.54) is 0 Å². The first kappa shape index (κ1) is 24.0. The number of hydrogen-bond acceptors (Lipinski definition) is 6. The predicted octanol–water partition coefficient (Wildman–Crippen LogP) is 3.49. The Morgan fingerprint density at radius 3 is 2.53 bits per heavy atom. The summed E-state index contributed by atoms with van der Waals surface area (Å²) in [6.07, 6.45) is 7.62. The largest absolute Gasteiger partial charge is 0.494 e. The molecular formula is C26H33N7O3. The number of ether oxygens (including phenoxy) is 1. The number of aryl methyl sites for hydroxylation is 3. The Labute approximate surface area is 210 Å². The van der Waals surface area contributed by atoms with E-state index in [0.717, 1.165) is 42.6 Å². The number of amides is 2. The standard InChI is InChI=1S/C26H33N7O3/c1-5-33-19(10-11-28-33)25(34)30-24(22(16-6-7-16)17-8-9-17)26(35)29-18-12-20(36-4)23(27-13-18)21-14(2)31-32-15(21)3/h10-13,16-17,22,24H,5-9H2,1-4H3,(H,29,35)(H,30,34)(H,31,32)/t24-/m0/s1. The Morgan fingerprint density at radius 1 is 1.22 bits per heavy atom. The highest BCUT2D eigenvalue weighted by atomic mass is 16.5. The van der Waals surface area contributed by atoms with Crippen LogP contribution >= 0.6 is 0 Å². The van der Waals surface area contributed by atoms with Gasteiger partial charge < -0.3 is 15.4 Å². The van der Waals surface area contributed by atoms with E-state index in [1.807, 2.05) is 20.8 Å². The van der Waals surface area contributed by atoms with Crippen molar-refractivity contribution in [1.82, 2.24) is 30.3 Å². The smallest absolute Gasteiger partial charge is 0.270 e. The van der Waals surface area contributed by atoms with Crippen molar-refractivity contribution in [1.29, 1.82) is 0 Å². The van der Waals surface area contributed by atoms with Gasteiger partial charge in [0.15, 0.2) is 0 Å². The van der Waals surface area contributed by atoms with E-state index in [1.54, 1.807) is 36.3 Å². The number of aromatic amines is 1. The van der Waals surface area contributed by atoms with Gasteiger partial charge >= 0.3 is 0 Å². The van der Waals surface area contributed by atoms with Gasteiger partial charge in [-0.25, -0.2) is 0 Å². The summed E-state index contributed by atoms with van der Waals surface area (Å²) in [6, 6.07) is 2.81. The molecule has 0 aliphatic heterocycles. The maximum absolute atomic E-state index is 13.7. The molecule has 0 saturated heterocycles. The lowest BCUT2D eigenvalue weighted by Crippen LogP contribution is -2.50. The molecule has 0 spiro atoms. The Hall–Kier alpha value is -3.69. The van der Waals surface area contributed by atoms with Crippen LogP contribution in [-0.2, 0) is 11.3 Å². The zero-order valence-corrected chi connectivity index (χ0v) is 21.2. The number of aromatic nitrogens is 5. The summed E-state index contributed by atoms with van der Waals surface area (Å²) < 4.78 is 7.25.